The smallest absolute Gasteiger partial charge is 0.338 e. The van der Waals surface area contributed by atoms with E-state index < -0.39 is 0 Å². The number of nitrogens with zero attached hydrogens (tertiary/aromatic N) is 2. The highest BCUT2D eigenvalue weighted by atomic mass is 127. The first kappa shape index (κ1) is 20.7. The number of halogens is 1. The summed E-state index contributed by atoms with van der Waals surface area (Å²) in [7, 11) is 0. The van der Waals surface area contributed by atoms with E-state index in [0.29, 0.717) is 17.7 Å². The summed E-state index contributed by atoms with van der Waals surface area (Å²) in [6.07, 6.45) is 0. The lowest BCUT2D eigenvalue weighted by Gasteiger charge is -2.07. The van der Waals surface area contributed by atoms with Gasteiger partial charge in [-0.25, -0.2) is 9.78 Å². The second-order valence-electron chi connectivity index (χ2n) is 5.91. The van der Waals surface area contributed by atoms with Crippen LogP contribution in [-0.2, 0) is 16.1 Å². The van der Waals surface area contributed by atoms with Crippen LogP contribution in [0.15, 0.2) is 47.6 Å². The van der Waals surface area contributed by atoms with Crippen LogP contribution in [0.1, 0.15) is 24.2 Å². The molecule has 8 heteroatoms. The van der Waals surface area contributed by atoms with Crippen LogP contribution in [0, 0.1) is 3.57 Å². The number of anilines is 1. The SMILES string of the molecule is CCOC(=O)c1ccc2c(c1)nc(SCC(=O)Nc1cccc(I)c1)n2CC. The van der Waals surface area contributed by atoms with Gasteiger partial charge >= 0.3 is 5.97 Å². The standard InChI is InChI=1S/C20H20IN3O3S/c1-3-24-17-9-8-13(19(26)27-4-2)10-16(17)23-20(24)28-12-18(25)22-15-7-5-6-14(21)11-15/h5-11H,3-4,12H2,1-2H3,(H,22,25). The van der Waals surface area contributed by atoms with Crippen molar-refractivity contribution in [1.29, 1.82) is 0 Å². The van der Waals surface area contributed by atoms with Crippen LogP contribution >= 0.6 is 34.4 Å². The number of esters is 1. The lowest BCUT2D eigenvalue weighted by molar-refractivity contribution is -0.113. The monoisotopic (exact) mass is 509 g/mol. The zero-order valence-electron chi connectivity index (χ0n) is 15.6. The van der Waals surface area contributed by atoms with E-state index >= 15 is 0 Å². The topological polar surface area (TPSA) is 73.2 Å². The highest BCUT2D eigenvalue weighted by molar-refractivity contribution is 14.1. The van der Waals surface area contributed by atoms with Gasteiger partial charge in [-0.05, 0) is 72.8 Å². The van der Waals surface area contributed by atoms with Crippen molar-refractivity contribution in [2.45, 2.75) is 25.5 Å². The first-order chi connectivity index (χ1) is 13.5. The third kappa shape index (κ3) is 4.85. The number of rotatable bonds is 7. The van der Waals surface area contributed by atoms with Gasteiger partial charge in [-0.1, -0.05) is 17.8 Å². The molecular formula is C20H20IN3O3S. The molecule has 0 aliphatic rings. The molecule has 2 aromatic carbocycles. The molecule has 1 heterocycles. The largest absolute Gasteiger partial charge is 0.462 e. The first-order valence-corrected chi connectivity index (χ1v) is 10.9. The fourth-order valence-electron chi connectivity index (χ4n) is 2.76. The van der Waals surface area contributed by atoms with E-state index in [2.05, 4.69) is 32.9 Å². The van der Waals surface area contributed by atoms with Crippen molar-refractivity contribution < 1.29 is 14.3 Å². The molecule has 3 aromatic rings. The molecule has 0 saturated heterocycles. The number of hydrogen-bond donors (Lipinski definition) is 1. The van der Waals surface area contributed by atoms with Gasteiger partial charge in [0.05, 0.1) is 29.0 Å². The Bertz CT molecular complexity index is 1020. The molecule has 1 amide bonds. The van der Waals surface area contributed by atoms with E-state index in [1.807, 2.05) is 41.8 Å². The van der Waals surface area contributed by atoms with Crippen molar-refractivity contribution in [2.24, 2.45) is 0 Å². The summed E-state index contributed by atoms with van der Waals surface area (Å²) in [5.74, 6) is -0.199. The minimum Gasteiger partial charge on any atom is -0.462 e. The molecule has 28 heavy (non-hydrogen) atoms. The molecule has 0 atom stereocenters. The molecule has 0 fully saturated rings. The Hall–Kier alpha value is -2.07. The number of ether oxygens (including phenoxy) is 1. The van der Waals surface area contributed by atoms with Crippen LogP contribution in [0.3, 0.4) is 0 Å². The molecule has 0 saturated carbocycles. The molecule has 0 spiro atoms. The maximum Gasteiger partial charge on any atom is 0.338 e. The Kier molecular flexibility index (Phi) is 6.95. The molecule has 0 radical (unpaired) electrons. The lowest BCUT2D eigenvalue weighted by Crippen LogP contribution is -2.14. The predicted molar refractivity (Wildman–Crippen MR) is 120 cm³/mol. The van der Waals surface area contributed by atoms with Gasteiger partial charge < -0.3 is 14.6 Å². The van der Waals surface area contributed by atoms with Gasteiger partial charge in [0.15, 0.2) is 5.16 Å². The van der Waals surface area contributed by atoms with Gasteiger partial charge in [-0.15, -0.1) is 0 Å². The molecule has 6 nitrogen and oxygen atoms in total. The zero-order valence-corrected chi connectivity index (χ0v) is 18.5. The molecule has 0 unspecified atom stereocenters. The van der Waals surface area contributed by atoms with Gasteiger partial charge in [-0.3, -0.25) is 4.79 Å². The van der Waals surface area contributed by atoms with Gasteiger partial charge in [0, 0.05) is 15.8 Å². The quantitative estimate of drug-likeness (QED) is 0.287. The van der Waals surface area contributed by atoms with Crippen LogP contribution in [0.4, 0.5) is 5.69 Å². The Balaban J connectivity index is 1.74. The number of aromatic nitrogens is 2. The number of hydrogen-bond acceptors (Lipinski definition) is 5. The Labute approximate surface area is 181 Å². The van der Waals surface area contributed by atoms with Gasteiger partial charge in [0.25, 0.3) is 0 Å². The number of imidazole rings is 1. The van der Waals surface area contributed by atoms with Crippen LogP contribution < -0.4 is 5.32 Å². The maximum atomic E-state index is 12.3. The van der Waals surface area contributed by atoms with E-state index in [1.165, 1.54) is 11.8 Å². The Morgan fingerprint density at radius 3 is 2.75 bits per heavy atom. The Morgan fingerprint density at radius 2 is 2.04 bits per heavy atom. The number of carbonyl (C=O) groups is 2. The Morgan fingerprint density at radius 1 is 1.21 bits per heavy atom. The number of fused-ring (bicyclic) bond motifs is 1. The van der Waals surface area contributed by atoms with Crippen LogP contribution in [-0.4, -0.2) is 33.8 Å². The third-order valence-corrected chi connectivity index (χ3v) is 5.63. The van der Waals surface area contributed by atoms with Crippen molar-refractivity contribution in [2.75, 3.05) is 17.7 Å². The summed E-state index contributed by atoms with van der Waals surface area (Å²) in [6, 6.07) is 13.0. The molecule has 1 N–H and O–H groups in total. The fraction of sp³-hybridized carbons (Fsp3) is 0.250. The lowest BCUT2D eigenvalue weighted by atomic mass is 10.2. The van der Waals surface area contributed by atoms with Gasteiger partial charge in [0.1, 0.15) is 0 Å². The number of benzene rings is 2. The fourth-order valence-corrected chi connectivity index (χ4v) is 4.18. The van der Waals surface area contributed by atoms with Gasteiger partial charge in [0.2, 0.25) is 5.91 Å². The predicted octanol–water partition coefficient (Wildman–Crippen LogP) is 4.57. The average molecular weight is 509 g/mol. The summed E-state index contributed by atoms with van der Waals surface area (Å²) in [5.41, 5.74) is 2.90. The van der Waals surface area contributed by atoms with Crippen LogP contribution in [0.5, 0.6) is 0 Å². The van der Waals surface area contributed by atoms with E-state index in [9.17, 15) is 9.59 Å². The minimum absolute atomic E-state index is 0.0890. The molecule has 3 rings (SSSR count). The van der Waals surface area contributed by atoms with Gasteiger partial charge in [-0.2, -0.15) is 0 Å². The van der Waals surface area contributed by atoms with E-state index in [4.69, 9.17) is 4.74 Å². The third-order valence-electron chi connectivity index (χ3n) is 3.98. The number of aryl methyl sites for hydroxylation is 1. The number of thioether (sulfide) groups is 1. The summed E-state index contributed by atoms with van der Waals surface area (Å²) in [4.78, 5) is 28.9. The van der Waals surface area contributed by atoms with E-state index in [-0.39, 0.29) is 17.6 Å². The van der Waals surface area contributed by atoms with E-state index in [1.54, 1.807) is 19.1 Å². The zero-order chi connectivity index (χ0) is 20.1. The second-order valence-corrected chi connectivity index (χ2v) is 8.10. The van der Waals surface area contributed by atoms with Crippen molar-refractivity contribution in [1.82, 2.24) is 9.55 Å². The molecule has 146 valence electrons. The van der Waals surface area contributed by atoms with Crippen molar-refractivity contribution in [3.63, 3.8) is 0 Å². The number of carbonyl (C=O) groups excluding carboxylic acids is 2. The summed E-state index contributed by atoms with van der Waals surface area (Å²) < 4.78 is 8.15. The number of amides is 1. The van der Waals surface area contributed by atoms with Crippen LogP contribution in [0.25, 0.3) is 11.0 Å². The molecule has 0 aliphatic heterocycles. The normalized spacial score (nSPS) is 10.8. The van der Waals surface area contributed by atoms with E-state index in [0.717, 1.165) is 26.5 Å². The molecule has 0 aliphatic carbocycles. The number of nitrogens with one attached hydrogen (secondary N) is 1. The first-order valence-electron chi connectivity index (χ1n) is 8.87. The highest BCUT2D eigenvalue weighted by Gasteiger charge is 2.15. The maximum absolute atomic E-state index is 12.3. The summed E-state index contributed by atoms with van der Waals surface area (Å²) >= 11 is 3.58. The average Bonchev–Trinajstić information content (AvgIpc) is 3.03. The van der Waals surface area contributed by atoms with Crippen molar-refractivity contribution in [3.05, 3.63) is 51.6 Å². The molecule has 1 aromatic heterocycles. The summed E-state index contributed by atoms with van der Waals surface area (Å²) in [6.45, 7) is 4.85. The highest BCUT2D eigenvalue weighted by Crippen LogP contribution is 2.25. The van der Waals surface area contributed by atoms with Crippen molar-refractivity contribution in [3.8, 4) is 0 Å². The summed E-state index contributed by atoms with van der Waals surface area (Å²) in [5, 5.41) is 3.65. The van der Waals surface area contributed by atoms with Crippen molar-refractivity contribution >= 4 is 63.0 Å². The van der Waals surface area contributed by atoms with Crippen LogP contribution in [0.2, 0.25) is 0 Å². The molecule has 0 bridgehead atoms. The second kappa shape index (κ2) is 9.42. The molecular weight excluding hydrogens is 489 g/mol. The minimum atomic E-state index is -0.360.